The Morgan fingerprint density at radius 1 is 1.21 bits per heavy atom. The lowest BCUT2D eigenvalue weighted by Gasteiger charge is -2.31. The average Bonchev–Trinajstić information content (AvgIpc) is 3.20. The quantitative estimate of drug-likeness (QED) is 0.470. The van der Waals surface area contributed by atoms with Crippen LogP contribution in [0.3, 0.4) is 0 Å². The number of ketones is 1. The average molecular weight is 412 g/mol. The minimum atomic E-state index is -1.13. The van der Waals surface area contributed by atoms with Gasteiger partial charge in [-0.15, -0.1) is 11.8 Å². The number of hydrogen-bond acceptors (Lipinski definition) is 5. The molecule has 29 heavy (non-hydrogen) atoms. The number of nitrogens with zero attached hydrogens (tertiary/aromatic N) is 1. The van der Waals surface area contributed by atoms with Gasteiger partial charge in [0.1, 0.15) is 5.60 Å². The van der Waals surface area contributed by atoms with Crippen molar-refractivity contribution in [2.24, 2.45) is 5.92 Å². The summed E-state index contributed by atoms with van der Waals surface area (Å²) in [4.78, 5) is 28.5. The Labute approximate surface area is 175 Å². The zero-order valence-electron chi connectivity index (χ0n) is 16.9. The van der Waals surface area contributed by atoms with Crippen molar-refractivity contribution >= 4 is 23.5 Å². The number of carbonyl (C=O) groups is 2. The van der Waals surface area contributed by atoms with E-state index in [0.717, 1.165) is 17.7 Å². The van der Waals surface area contributed by atoms with Crippen LogP contribution in [-0.2, 0) is 0 Å². The van der Waals surface area contributed by atoms with Crippen molar-refractivity contribution in [3.8, 4) is 11.8 Å². The van der Waals surface area contributed by atoms with Crippen LogP contribution in [-0.4, -0.2) is 46.6 Å². The SMILES string of the molecule is CSc1ccc(C(=O)[C@H]2CCCN(C(=O)c3ccc(C#CC(C)(C)O)o3)C2)cc1. The molecule has 0 aliphatic carbocycles. The second-order valence-corrected chi connectivity index (χ2v) is 8.54. The molecule has 0 unspecified atom stereocenters. The van der Waals surface area contributed by atoms with Gasteiger partial charge in [0, 0.05) is 29.5 Å². The van der Waals surface area contributed by atoms with E-state index in [1.54, 1.807) is 42.6 Å². The van der Waals surface area contributed by atoms with Gasteiger partial charge in [0.2, 0.25) is 0 Å². The summed E-state index contributed by atoms with van der Waals surface area (Å²) in [6.45, 7) is 4.13. The third kappa shape index (κ3) is 5.53. The van der Waals surface area contributed by atoms with Crippen LogP contribution in [0.15, 0.2) is 45.7 Å². The van der Waals surface area contributed by atoms with Crippen LogP contribution in [0, 0.1) is 17.8 Å². The summed E-state index contributed by atoms with van der Waals surface area (Å²) in [7, 11) is 0. The van der Waals surface area contributed by atoms with E-state index in [1.165, 1.54) is 0 Å². The highest BCUT2D eigenvalue weighted by atomic mass is 32.2. The number of hydrogen-bond donors (Lipinski definition) is 1. The highest BCUT2D eigenvalue weighted by Crippen LogP contribution is 2.24. The number of carbonyl (C=O) groups excluding carboxylic acids is 2. The summed E-state index contributed by atoms with van der Waals surface area (Å²) in [5, 5.41) is 9.68. The fourth-order valence-electron chi connectivity index (χ4n) is 3.26. The number of furan rings is 1. The van der Waals surface area contributed by atoms with E-state index in [0.29, 0.717) is 24.4 Å². The fraction of sp³-hybridized carbons (Fsp3) is 0.391. The van der Waals surface area contributed by atoms with Gasteiger partial charge in [-0.1, -0.05) is 18.1 Å². The van der Waals surface area contributed by atoms with E-state index >= 15 is 0 Å². The van der Waals surface area contributed by atoms with E-state index in [2.05, 4.69) is 11.8 Å². The summed E-state index contributed by atoms with van der Waals surface area (Å²) in [5.74, 6) is 5.54. The second-order valence-electron chi connectivity index (χ2n) is 7.66. The Balaban J connectivity index is 1.68. The first kappa shape index (κ1) is 21.2. The predicted octanol–water partition coefficient (Wildman–Crippen LogP) is 3.86. The van der Waals surface area contributed by atoms with Crippen molar-refractivity contribution in [3.05, 3.63) is 53.5 Å². The lowest BCUT2D eigenvalue weighted by atomic mass is 9.90. The third-order valence-electron chi connectivity index (χ3n) is 4.76. The molecule has 6 heteroatoms. The smallest absolute Gasteiger partial charge is 0.289 e. The molecule has 2 aromatic rings. The summed E-state index contributed by atoms with van der Waals surface area (Å²) in [5.41, 5.74) is -0.449. The van der Waals surface area contributed by atoms with E-state index in [1.807, 2.05) is 30.5 Å². The van der Waals surface area contributed by atoms with Crippen LogP contribution in [0.1, 0.15) is 53.4 Å². The molecule has 1 aromatic heterocycles. The Bertz CT molecular complexity index is 944. The molecule has 1 aliphatic rings. The highest BCUT2D eigenvalue weighted by Gasteiger charge is 2.30. The topological polar surface area (TPSA) is 70.8 Å². The molecule has 0 spiro atoms. The van der Waals surface area contributed by atoms with E-state index in [4.69, 9.17) is 4.42 Å². The molecule has 1 aliphatic heterocycles. The summed E-state index contributed by atoms with van der Waals surface area (Å²) < 4.78 is 5.54. The van der Waals surface area contributed by atoms with E-state index in [-0.39, 0.29) is 23.4 Å². The van der Waals surface area contributed by atoms with Crippen LogP contribution >= 0.6 is 11.8 Å². The zero-order chi connectivity index (χ0) is 21.0. The van der Waals surface area contributed by atoms with Crippen LogP contribution in [0.25, 0.3) is 0 Å². The Kier molecular flexibility index (Phi) is 6.51. The lowest BCUT2D eigenvalue weighted by Crippen LogP contribution is -2.42. The normalized spacial score (nSPS) is 16.8. The van der Waals surface area contributed by atoms with Gasteiger partial charge in [-0.2, -0.15) is 0 Å². The molecule has 3 rings (SSSR count). The van der Waals surface area contributed by atoms with Gasteiger partial charge >= 0.3 is 0 Å². The van der Waals surface area contributed by atoms with Crippen molar-refractivity contribution in [2.75, 3.05) is 19.3 Å². The van der Waals surface area contributed by atoms with Gasteiger partial charge in [0.25, 0.3) is 5.91 Å². The molecule has 1 aromatic carbocycles. The van der Waals surface area contributed by atoms with Crippen molar-refractivity contribution in [1.82, 2.24) is 4.90 Å². The van der Waals surface area contributed by atoms with Crippen LogP contribution in [0.5, 0.6) is 0 Å². The molecule has 2 heterocycles. The Morgan fingerprint density at radius 3 is 2.59 bits per heavy atom. The molecule has 1 N–H and O–H groups in total. The number of aliphatic hydroxyl groups is 1. The van der Waals surface area contributed by atoms with Crippen molar-refractivity contribution in [3.63, 3.8) is 0 Å². The Morgan fingerprint density at radius 2 is 1.93 bits per heavy atom. The largest absolute Gasteiger partial charge is 0.443 e. The third-order valence-corrected chi connectivity index (χ3v) is 5.51. The standard InChI is InChI=1S/C23H25NO4S/c1-23(2,27)13-12-18-8-11-20(28-18)22(26)24-14-4-5-17(15-24)21(25)16-6-9-19(29-3)10-7-16/h6-11,17,27H,4-5,14-15H2,1-3H3/t17-/m0/s1. The number of thioether (sulfide) groups is 1. The van der Waals surface area contributed by atoms with Crippen molar-refractivity contribution < 1.29 is 19.1 Å². The Hall–Kier alpha value is -2.49. The predicted molar refractivity (Wildman–Crippen MR) is 113 cm³/mol. The number of rotatable bonds is 4. The minimum Gasteiger partial charge on any atom is -0.443 e. The maximum Gasteiger partial charge on any atom is 0.289 e. The van der Waals surface area contributed by atoms with E-state index in [9.17, 15) is 14.7 Å². The van der Waals surface area contributed by atoms with Crippen molar-refractivity contribution in [2.45, 2.75) is 37.2 Å². The van der Waals surface area contributed by atoms with Gasteiger partial charge in [-0.05, 0) is 63.1 Å². The molecule has 5 nitrogen and oxygen atoms in total. The van der Waals surface area contributed by atoms with Gasteiger partial charge in [0.15, 0.2) is 17.3 Å². The highest BCUT2D eigenvalue weighted by molar-refractivity contribution is 7.98. The van der Waals surface area contributed by atoms with Gasteiger partial charge in [-0.25, -0.2) is 0 Å². The molecule has 0 radical (unpaired) electrons. The summed E-state index contributed by atoms with van der Waals surface area (Å²) in [6.07, 6.45) is 3.54. The molecular formula is C23H25NO4S. The van der Waals surface area contributed by atoms with Crippen LogP contribution in [0.4, 0.5) is 0 Å². The molecule has 1 saturated heterocycles. The first-order chi connectivity index (χ1) is 13.8. The van der Waals surface area contributed by atoms with E-state index < -0.39 is 5.60 Å². The summed E-state index contributed by atoms with van der Waals surface area (Å²) in [6, 6.07) is 10.8. The number of amides is 1. The first-order valence-corrected chi connectivity index (χ1v) is 10.8. The number of Topliss-reactive ketones (excluding diaryl/α,β-unsaturated/α-hetero) is 1. The lowest BCUT2D eigenvalue weighted by molar-refractivity contribution is 0.0610. The maximum absolute atomic E-state index is 12.9. The first-order valence-electron chi connectivity index (χ1n) is 9.60. The van der Waals surface area contributed by atoms with Gasteiger partial charge in [-0.3, -0.25) is 9.59 Å². The zero-order valence-corrected chi connectivity index (χ0v) is 17.7. The monoisotopic (exact) mass is 411 g/mol. The molecule has 1 atom stereocenters. The summed E-state index contributed by atoms with van der Waals surface area (Å²) >= 11 is 1.64. The molecule has 152 valence electrons. The molecule has 0 bridgehead atoms. The van der Waals surface area contributed by atoms with Gasteiger partial charge in [0.05, 0.1) is 0 Å². The molecule has 1 amide bonds. The van der Waals surface area contributed by atoms with Crippen LogP contribution in [0.2, 0.25) is 0 Å². The molecule has 0 saturated carbocycles. The maximum atomic E-state index is 12.9. The molecular weight excluding hydrogens is 386 g/mol. The number of benzene rings is 1. The number of piperidine rings is 1. The minimum absolute atomic E-state index is 0.0753. The molecule has 1 fully saturated rings. The van der Waals surface area contributed by atoms with Crippen molar-refractivity contribution in [1.29, 1.82) is 0 Å². The fourth-order valence-corrected chi connectivity index (χ4v) is 3.67. The van der Waals surface area contributed by atoms with Gasteiger partial charge < -0.3 is 14.4 Å². The second kappa shape index (κ2) is 8.89. The number of likely N-dealkylation sites (tertiary alicyclic amines) is 1. The van der Waals surface area contributed by atoms with Crippen LogP contribution < -0.4 is 0 Å².